The van der Waals surface area contributed by atoms with Crippen molar-refractivity contribution in [1.82, 2.24) is 9.97 Å². The van der Waals surface area contributed by atoms with Crippen LogP contribution in [0.15, 0.2) is 60.7 Å². The highest BCUT2D eigenvalue weighted by Gasteiger charge is 2.05. The van der Waals surface area contributed by atoms with Gasteiger partial charge in [-0.1, -0.05) is 36.4 Å². The number of nitriles is 1. The van der Waals surface area contributed by atoms with E-state index in [4.69, 9.17) is 0 Å². The molecule has 4 nitrogen and oxygen atoms in total. The number of nitrogens with one attached hydrogen (secondary N) is 1. The Morgan fingerprint density at radius 1 is 1.12 bits per heavy atom. The van der Waals surface area contributed by atoms with Crippen LogP contribution >= 0.6 is 0 Å². The predicted molar refractivity (Wildman–Crippen MR) is 99.5 cm³/mol. The van der Waals surface area contributed by atoms with Gasteiger partial charge in [0.2, 0.25) is 0 Å². The summed E-state index contributed by atoms with van der Waals surface area (Å²) < 4.78 is 0. The number of aromatic amines is 1. The molecule has 0 amide bonds. The Labute approximate surface area is 141 Å². The lowest BCUT2D eigenvalue weighted by Gasteiger charge is -2.11. The van der Waals surface area contributed by atoms with Gasteiger partial charge in [-0.3, -0.25) is 0 Å². The van der Waals surface area contributed by atoms with Crippen molar-refractivity contribution < 1.29 is 0 Å². The van der Waals surface area contributed by atoms with Crippen molar-refractivity contribution in [2.45, 2.75) is 0 Å². The quantitative estimate of drug-likeness (QED) is 0.578. The summed E-state index contributed by atoms with van der Waals surface area (Å²) in [5, 5.41) is 9.38. The average Bonchev–Trinajstić information content (AvgIpc) is 3.03. The van der Waals surface area contributed by atoms with Gasteiger partial charge < -0.3 is 9.88 Å². The smallest absolute Gasteiger partial charge is 0.149 e. The van der Waals surface area contributed by atoms with Gasteiger partial charge in [-0.15, -0.1) is 0 Å². The molecule has 0 unspecified atom stereocenters. The molecule has 2 aromatic carbocycles. The minimum Gasteiger partial charge on any atom is -0.378 e. The summed E-state index contributed by atoms with van der Waals surface area (Å²) in [7, 11) is 4.03. The number of aromatic nitrogens is 2. The minimum absolute atomic E-state index is 0.507. The molecule has 1 heterocycles. The molecule has 0 aliphatic rings. The number of imidazole rings is 1. The van der Waals surface area contributed by atoms with Crippen molar-refractivity contribution in [2.24, 2.45) is 0 Å². The highest BCUT2D eigenvalue weighted by Crippen LogP contribution is 2.17. The first-order valence-electron chi connectivity index (χ1n) is 7.68. The number of allylic oxidation sites excluding steroid dienone is 3. The van der Waals surface area contributed by atoms with Crippen molar-refractivity contribution in [3.8, 4) is 6.07 Å². The molecule has 0 atom stereocenters. The molecule has 4 heteroatoms. The van der Waals surface area contributed by atoms with Crippen LogP contribution in [0.5, 0.6) is 0 Å². The highest BCUT2D eigenvalue weighted by molar-refractivity contribution is 5.82. The maximum Gasteiger partial charge on any atom is 0.149 e. The first-order chi connectivity index (χ1) is 11.7. The zero-order valence-corrected chi connectivity index (χ0v) is 13.7. The van der Waals surface area contributed by atoms with Gasteiger partial charge in [-0.05, 0) is 35.9 Å². The van der Waals surface area contributed by atoms with E-state index in [1.165, 1.54) is 0 Å². The molecule has 0 radical (unpaired) electrons. The van der Waals surface area contributed by atoms with E-state index >= 15 is 0 Å². The summed E-state index contributed by atoms with van der Waals surface area (Å²) >= 11 is 0. The first kappa shape index (κ1) is 15.6. The zero-order valence-electron chi connectivity index (χ0n) is 13.7. The molecule has 1 aromatic heterocycles. The lowest BCUT2D eigenvalue weighted by atomic mass is 10.1. The van der Waals surface area contributed by atoms with Crippen molar-refractivity contribution >= 4 is 28.4 Å². The van der Waals surface area contributed by atoms with Gasteiger partial charge in [0.25, 0.3) is 0 Å². The summed E-state index contributed by atoms with van der Waals surface area (Å²) in [6.07, 6.45) is 5.62. The number of hydrogen-bond acceptors (Lipinski definition) is 3. The molecule has 1 N–H and O–H groups in total. The van der Waals surface area contributed by atoms with Gasteiger partial charge in [0.15, 0.2) is 0 Å². The number of H-pyrrole nitrogens is 1. The normalized spacial score (nSPS) is 11.8. The van der Waals surface area contributed by atoms with Gasteiger partial charge >= 0.3 is 0 Å². The van der Waals surface area contributed by atoms with Crippen molar-refractivity contribution in [3.05, 3.63) is 72.1 Å². The molecule has 0 saturated carbocycles. The third kappa shape index (κ3) is 3.36. The Morgan fingerprint density at radius 3 is 2.54 bits per heavy atom. The lowest BCUT2D eigenvalue weighted by Crippen LogP contribution is -2.07. The summed E-state index contributed by atoms with van der Waals surface area (Å²) in [4.78, 5) is 9.69. The average molecular weight is 314 g/mol. The van der Waals surface area contributed by atoms with Crippen LogP contribution in [-0.4, -0.2) is 24.1 Å². The van der Waals surface area contributed by atoms with E-state index in [-0.39, 0.29) is 0 Å². The third-order valence-electron chi connectivity index (χ3n) is 3.73. The number of benzene rings is 2. The van der Waals surface area contributed by atoms with E-state index in [2.05, 4.69) is 33.1 Å². The second-order valence-corrected chi connectivity index (χ2v) is 5.64. The maximum absolute atomic E-state index is 9.38. The van der Waals surface area contributed by atoms with Crippen LogP contribution in [-0.2, 0) is 0 Å². The number of rotatable bonds is 4. The van der Waals surface area contributed by atoms with Crippen molar-refractivity contribution in [2.75, 3.05) is 19.0 Å². The molecule has 0 spiro atoms. The molecule has 24 heavy (non-hydrogen) atoms. The molecule has 3 rings (SSSR count). The molecule has 0 aliphatic heterocycles. The van der Waals surface area contributed by atoms with Gasteiger partial charge in [-0.2, -0.15) is 5.26 Å². The third-order valence-corrected chi connectivity index (χ3v) is 3.73. The van der Waals surface area contributed by atoms with E-state index in [1.54, 1.807) is 6.08 Å². The number of nitrogens with zero attached hydrogens (tertiary/aromatic N) is 3. The second-order valence-electron chi connectivity index (χ2n) is 5.64. The first-order valence-corrected chi connectivity index (χ1v) is 7.68. The van der Waals surface area contributed by atoms with Gasteiger partial charge in [0.05, 0.1) is 16.6 Å². The van der Waals surface area contributed by atoms with E-state index in [0.29, 0.717) is 11.4 Å². The van der Waals surface area contributed by atoms with Gasteiger partial charge in [-0.25, -0.2) is 4.98 Å². The summed E-state index contributed by atoms with van der Waals surface area (Å²) in [6.45, 7) is 0. The highest BCUT2D eigenvalue weighted by atomic mass is 15.1. The molecule has 118 valence electrons. The molecular weight excluding hydrogens is 296 g/mol. The fraction of sp³-hybridized carbons (Fsp3) is 0.100. The molecule has 0 aliphatic carbocycles. The topological polar surface area (TPSA) is 55.7 Å². The van der Waals surface area contributed by atoms with Crippen molar-refractivity contribution in [1.29, 1.82) is 5.26 Å². The molecule has 0 fully saturated rings. The fourth-order valence-electron chi connectivity index (χ4n) is 2.39. The van der Waals surface area contributed by atoms with E-state index in [9.17, 15) is 5.26 Å². The Kier molecular flexibility index (Phi) is 4.44. The SMILES string of the molecule is CN(C)c1ccc(C=CC=C(C#N)c2nc3ccccc3[nH]2)cc1. The van der Waals surface area contributed by atoms with Crippen LogP contribution in [0.1, 0.15) is 11.4 Å². The van der Waals surface area contributed by atoms with Crippen molar-refractivity contribution in [3.63, 3.8) is 0 Å². The van der Waals surface area contributed by atoms with E-state index < -0.39 is 0 Å². The monoisotopic (exact) mass is 314 g/mol. The van der Waals surface area contributed by atoms with E-state index in [0.717, 1.165) is 22.3 Å². The van der Waals surface area contributed by atoms with E-state index in [1.807, 2.05) is 62.6 Å². The largest absolute Gasteiger partial charge is 0.378 e. The number of fused-ring (bicyclic) bond motifs is 1. The van der Waals surface area contributed by atoms with Crippen LogP contribution in [0.2, 0.25) is 0 Å². The predicted octanol–water partition coefficient (Wildman–Crippen LogP) is 4.25. The van der Waals surface area contributed by atoms with Crippen LogP contribution in [0, 0.1) is 11.3 Å². The number of anilines is 1. The Morgan fingerprint density at radius 2 is 1.88 bits per heavy atom. The molecular formula is C20H18N4. The minimum atomic E-state index is 0.507. The molecule has 0 saturated heterocycles. The Bertz CT molecular complexity index is 905. The standard InChI is InChI=1S/C20H18N4/c1-24(2)17-12-10-15(11-13-17)6-5-7-16(14-21)20-22-18-8-3-4-9-19(18)23-20/h3-13H,1-2H3,(H,22,23). The summed E-state index contributed by atoms with van der Waals surface area (Å²) in [6, 6.07) is 18.2. The van der Waals surface area contributed by atoms with Gasteiger partial charge in [0, 0.05) is 19.8 Å². The fourth-order valence-corrected chi connectivity index (χ4v) is 2.39. The number of para-hydroxylation sites is 2. The number of hydrogen-bond donors (Lipinski definition) is 1. The molecule has 3 aromatic rings. The Balaban J connectivity index is 1.81. The maximum atomic E-state index is 9.38. The van der Waals surface area contributed by atoms with Crippen LogP contribution in [0.3, 0.4) is 0 Å². The zero-order chi connectivity index (χ0) is 16.9. The summed E-state index contributed by atoms with van der Waals surface area (Å²) in [5.41, 5.74) is 4.53. The van der Waals surface area contributed by atoms with Crippen LogP contribution in [0.25, 0.3) is 22.7 Å². The van der Waals surface area contributed by atoms with Crippen LogP contribution in [0.4, 0.5) is 5.69 Å². The lowest BCUT2D eigenvalue weighted by molar-refractivity contribution is 1.13. The summed E-state index contributed by atoms with van der Waals surface area (Å²) in [5.74, 6) is 0.589. The second kappa shape index (κ2) is 6.84. The van der Waals surface area contributed by atoms with Crippen LogP contribution < -0.4 is 4.90 Å². The van der Waals surface area contributed by atoms with Gasteiger partial charge in [0.1, 0.15) is 11.9 Å². The molecule has 0 bridgehead atoms. The Hall–Kier alpha value is -3.32.